The summed E-state index contributed by atoms with van der Waals surface area (Å²) in [5.74, 6) is 0.777. The molecule has 8 heteroatoms. The summed E-state index contributed by atoms with van der Waals surface area (Å²) in [6.07, 6.45) is 0. The fraction of sp³-hybridized carbons (Fsp3) is 0.310. The highest BCUT2D eigenvalue weighted by Gasteiger charge is 2.24. The Bertz CT molecular complexity index is 1410. The molecule has 0 atom stereocenters. The molecule has 0 aliphatic carbocycles. The third kappa shape index (κ3) is 5.09. The first-order chi connectivity index (χ1) is 18.0. The fourth-order valence-electron chi connectivity index (χ4n) is 4.91. The van der Waals surface area contributed by atoms with Crippen LogP contribution in [0.25, 0.3) is 21.8 Å². The molecule has 0 radical (unpaired) electrons. The third-order valence-corrected chi connectivity index (χ3v) is 7.26. The van der Waals surface area contributed by atoms with Crippen molar-refractivity contribution in [3.05, 3.63) is 65.7 Å². The zero-order chi connectivity index (χ0) is 25.9. The number of urea groups is 1. The smallest absolute Gasteiger partial charge is 0.320 e. The van der Waals surface area contributed by atoms with E-state index in [4.69, 9.17) is 21.3 Å². The molecule has 0 unspecified atom stereocenters. The lowest BCUT2D eigenvalue weighted by molar-refractivity contribution is 0.154. The molecule has 1 aliphatic heterocycles. The molecule has 1 fully saturated rings. The number of hydrogen-bond donors (Lipinski definition) is 1. The SMILES string of the molecule is CCN(CC)C(=O)N1CCN(c2ccc(Nc3c4ccc(Cl)cc4nc4ccc(OC)cc34)cc2)CC1. The minimum Gasteiger partial charge on any atom is -0.497 e. The zero-order valence-electron chi connectivity index (χ0n) is 21.5. The lowest BCUT2D eigenvalue weighted by Crippen LogP contribution is -2.52. The van der Waals surface area contributed by atoms with Crippen molar-refractivity contribution in [2.24, 2.45) is 0 Å². The van der Waals surface area contributed by atoms with Crippen molar-refractivity contribution in [2.45, 2.75) is 13.8 Å². The number of carbonyl (C=O) groups is 1. The van der Waals surface area contributed by atoms with Gasteiger partial charge in [0.1, 0.15) is 5.75 Å². The molecule has 0 bridgehead atoms. The molecular formula is C29H32ClN5O2. The molecule has 37 heavy (non-hydrogen) atoms. The standard InChI is InChI=1S/C29H32ClN5O2/c1-4-33(5-2)29(36)35-16-14-34(15-17-35)22-9-7-21(8-10-22)31-28-24-12-6-20(30)18-27(24)32-26-13-11-23(37-3)19-25(26)28/h6-13,18-19H,4-5,14-17H2,1-3H3,(H,31,32). The van der Waals surface area contributed by atoms with Crippen LogP contribution in [0, 0.1) is 0 Å². The van der Waals surface area contributed by atoms with Crippen LogP contribution in [0.1, 0.15) is 13.8 Å². The van der Waals surface area contributed by atoms with Crippen LogP contribution in [0.2, 0.25) is 5.02 Å². The van der Waals surface area contributed by atoms with Gasteiger partial charge in [-0.1, -0.05) is 11.6 Å². The molecule has 192 valence electrons. The number of amides is 2. The van der Waals surface area contributed by atoms with Gasteiger partial charge in [-0.15, -0.1) is 0 Å². The number of anilines is 3. The Morgan fingerprint density at radius 1 is 0.946 bits per heavy atom. The van der Waals surface area contributed by atoms with Gasteiger partial charge in [-0.2, -0.15) is 0 Å². The van der Waals surface area contributed by atoms with Gasteiger partial charge in [0, 0.05) is 66.4 Å². The summed E-state index contributed by atoms with van der Waals surface area (Å²) < 4.78 is 5.48. The van der Waals surface area contributed by atoms with E-state index in [1.54, 1.807) is 7.11 Å². The molecule has 0 spiro atoms. The first-order valence-electron chi connectivity index (χ1n) is 12.7. The summed E-state index contributed by atoms with van der Waals surface area (Å²) in [4.78, 5) is 23.7. The molecule has 1 saturated heterocycles. The maximum atomic E-state index is 12.7. The lowest BCUT2D eigenvalue weighted by Gasteiger charge is -2.38. The van der Waals surface area contributed by atoms with Crippen LogP contribution in [0.15, 0.2) is 60.7 Å². The van der Waals surface area contributed by atoms with E-state index in [0.29, 0.717) is 5.02 Å². The maximum Gasteiger partial charge on any atom is 0.320 e. The summed E-state index contributed by atoms with van der Waals surface area (Å²) in [7, 11) is 1.67. The first-order valence-corrected chi connectivity index (χ1v) is 13.1. The van der Waals surface area contributed by atoms with E-state index in [2.05, 4.69) is 34.5 Å². The molecule has 7 nitrogen and oxygen atoms in total. The van der Waals surface area contributed by atoms with Gasteiger partial charge in [-0.25, -0.2) is 9.78 Å². The van der Waals surface area contributed by atoms with Gasteiger partial charge in [0.2, 0.25) is 0 Å². The van der Waals surface area contributed by atoms with Crippen LogP contribution in [0.3, 0.4) is 0 Å². The quantitative estimate of drug-likeness (QED) is 0.301. The van der Waals surface area contributed by atoms with Gasteiger partial charge < -0.3 is 24.8 Å². The van der Waals surface area contributed by atoms with Crippen molar-refractivity contribution < 1.29 is 9.53 Å². The Morgan fingerprint density at radius 3 is 2.35 bits per heavy atom. The van der Waals surface area contributed by atoms with Crippen LogP contribution >= 0.6 is 11.6 Å². The van der Waals surface area contributed by atoms with E-state index in [1.807, 2.05) is 60.0 Å². The van der Waals surface area contributed by atoms with Gasteiger partial charge in [-0.05, 0) is 74.5 Å². The van der Waals surface area contributed by atoms with Crippen LogP contribution in [0.4, 0.5) is 21.9 Å². The number of fused-ring (bicyclic) bond motifs is 2. The highest BCUT2D eigenvalue weighted by Crippen LogP contribution is 2.36. The number of nitrogens with zero attached hydrogens (tertiary/aromatic N) is 4. The van der Waals surface area contributed by atoms with Gasteiger partial charge in [0.15, 0.2) is 0 Å². The summed E-state index contributed by atoms with van der Waals surface area (Å²) in [5, 5.41) is 6.25. The Hall–Kier alpha value is -3.71. The predicted octanol–water partition coefficient (Wildman–Crippen LogP) is 6.38. The number of nitrogens with one attached hydrogen (secondary N) is 1. The van der Waals surface area contributed by atoms with Gasteiger partial charge in [0.05, 0.1) is 23.8 Å². The van der Waals surface area contributed by atoms with Crippen LogP contribution in [-0.4, -0.2) is 67.2 Å². The maximum absolute atomic E-state index is 12.7. The topological polar surface area (TPSA) is 60.9 Å². The molecule has 3 aromatic carbocycles. The summed E-state index contributed by atoms with van der Waals surface area (Å²) in [5.41, 5.74) is 4.80. The second kappa shape index (κ2) is 10.7. The molecule has 0 saturated carbocycles. The molecule has 2 amide bonds. The highest BCUT2D eigenvalue weighted by molar-refractivity contribution is 6.31. The number of benzene rings is 3. The van der Waals surface area contributed by atoms with Gasteiger partial charge in [0.25, 0.3) is 0 Å². The average Bonchev–Trinajstić information content (AvgIpc) is 2.93. The fourth-order valence-corrected chi connectivity index (χ4v) is 5.07. The number of pyridine rings is 1. The van der Waals surface area contributed by atoms with Crippen LogP contribution < -0.4 is 15.0 Å². The monoisotopic (exact) mass is 517 g/mol. The minimum absolute atomic E-state index is 0.138. The number of ether oxygens (including phenoxy) is 1. The summed E-state index contributed by atoms with van der Waals surface area (Å²) >= 11 is 6.27. The zero-order valence-corrected chi connectivity index (χ0v) is 22.3. The van der Waals surface area contributed by atoms with Crippen molar-refractivity contribution in [1.29, 1.82) is 0 Å². The Labute approximate surface area is 222 Å². The highest BCUT2D eigenvalue weighted by atomic mass is 35.5. The molecule has 1 aliphatic rings. The van der Waals surface area contributed by atoms with Crippen molar-refractivity contribution in [2.75, 3.05) is 56.6 Å². The number of hydrogen-bond acceptors (Lipinski definition) is 5. The van der Waals surface area contributed by atoms with E-state index >= 15 is 0 Å². The van der Waals surface area contributed by atoms with Crippen molar-refractivity contribution in [1.82, 2.24) is 14.8 Å². The number of rotatable bonds is 6. The van der Waals surface area contributed by atoms with Crippen molar-refractivity contribution >= 4 is 56.5 Å². The van der Waals surface area contributed by atoms with E-state index in [9.17, 15) is 4.79 Å². The molecule has 5 rings (SSSR count). The van der Waals surface area contributed by atoms with E-state index < -0.39 is 0 Å². The van der Waals surface area contributed by atoms with E-state index in [1.165, 1.54) is 0 Å². The normalized spacial score (nSPS) is 13.7. The molecule has 2 heterocycles. The number of aromatic nitrogens is 1. The predicted molar refractivity (Wildman–Crippen MR) is 153 cm³/mol. The number of carbonyl (C=O) groups excluding carboxylic acids is 1. The largest absolute Gasteiger partial charge is 0.497 e. The minimum atomic E-state index is 0.138. The molecular weight excluding hydrogens is 486 g/mol. The molecule has 1 N–H and O–H groups in total. The Kier molecular flexibility index (Phi) is 7.24. The Balaban J connectivity index is 1.37. The second-order valence-electron chi connectivity index (χ2n) is 9.13. The number of halogens is 1. The van der Waals surface area contributed by atoms with Crippen LogP contribution in [0.5, 0.6) is 5.75 Å². The first kappa shape index (κ1) is 25.0. The average molecular weight is 518 g/mol. The van der Waals surface area contributed by atoms with Crippen molar-refractivity contribution in [3.63, 3.8) is 0 Å². The number of piperazine rings is 1. The van der Waals surface area contributed by atoms with Crippen LogP contribution in [-0.2, 0) is 0 Å². The van der Waals surface area contributed by atoms with Gasteiger partial charge >= 0.3 is 6.03 Å². The second-order valence-corrected chi connectivity index (χ2v) is 9.57. The van der Waals surface area contributed by atoms with Crippen molar-refractivity contribution in [3.8, 4) is 5.75 Å². The molecule has 4 aromatic rings. The van der Waals surface area contributed by atoms with E-state index in [-0.39, 0.29) is 6.03 Å². The summed E-state index contributed by atoms with van der Waals surface area (Å²) in [6.45, 7) is 8.63. The number of methoxy groups -OCH3 is 1. The summed E-state index contributed by atoms with van der Waals surface area (Å²) in [6, 6.07) is 20.3. The Morgan fingerprint density at radius 2 is 1.68 bits per heavy atom. The molecule has 1 aromatic heterocycles. The van der Waals surface area contributed by atoms with E-state index in [0.717, 1.165) is 83.9 Å². The lowest BCUT2D eigenvalue weighted by atomic mass is 10.1. The van der Waals surface area contributed by atoms with Gasteiger partial charge in [-0.3, -0.25) is 0 Å². The third-order valence-electron chi connectivity index (χ3n) is 7.03.